The van der Waals surface area contributed by atoms with Gasteiger partial charge in [-0.2, -0.15) is 0 Å². The zero-order valence-corrected chi connectivity index (χ0v) is 11.3. The van der Waals surface area contributed by atoms with Crippen LogP contribution in [0.1, 0.15) is 44.3 Å². The highest BCUT2D eigenvalue weighted by Gasteiger charge is 2.25. The van der Waals surface area contributed by atoms with Gasteiger partial charge < -0.3 is 15.7 Å². The largest absolute Gasteiger partial charge is 0.480 e. The number of aliphatic carboxylic acids is 1. The molecule has 2 heterocycles. The van der Waals surface area contributed by atoms with Gasteiger partial charge in [-0.25, -0.2) is 4.98 Å². The maximum atomic E-state index is 10.8. The van der Waals surface area contributed by atoms with E-state index in [2.05, 4.69) is 16.8 Å². The summed E-state index contributed by atoms with van der Waals surface area (Å²) in [4.78, 5) is 17.5. The Morgan fingerprint density at radius 1 is 1.72 bits per heavy atom. The second-order valence-corrected chi connectivity index (χ2v) is 5.46. The van der Waals surface area contributed by atoms with Crippen molar-refractivity contribution in [2.45, 2.75) is 44.7 Å². The predicted molar refractivity (Wildman–Crippen MR) is 72.0 cm³/mol. The third-order valence-corrected chi connectivity index (χ3v) is 4.33. The Kier molecular flexibility index (Phi) is 4.19. The quantitative estimate of drug-likeness (QED) is 0.874. The lowest BCUT2D eigenvalue weighted by atomic mass is 10.0. The summed E-state index contributed by atoms with van der Waals surface area (Å²) in [5.41, 5.74) is 6.03. The lowest BCUT2D eigenvalue weighted by Gasteiger charge is -2.35. The predicted octanol–water partition coefficient (Wildman–Crippen LogP) is 2.00. The van der Waals surface area contributed by atoms with Crippen LogP contribution in [-0.4, -0.2) is 28.6 Å². The van der Waals surface area contributed by atoms with E-state index in [9.17, 15) is 4.79 Å². The summed E-state index contributed by atoms with van der Waals surface area (Å²) in [7, 11) is 0. The smallest absolute Gasteiger partial charge is 0.326 e. The van der Waals surface area contributed by atoms with Crippen molar-refractivity contribution in [1.82, 2.24) is 4.98 Å². The summed E-state index contributed by atoms with van der Waals surface area (Å²) in [5.74, 6) is -1.03. The molecule has 5 nitrogen and oxygen atoms in total. The number of carboxylic acids is 1. The molecular formula is C12H19N3O2S. The van der Waals surface area contributed by atoms with E-state index >= 15 is 0 Å². The van der Waals surface area contributed by atoms with E-state index in [1.54, 1.807) is 5.38 Å². The van der Waals surface area contributed by atoms with Crippen molar-refractivity contribution in [3.05, 3.63) is 11.1 Å². The minimum absolute atomic E-state index is 0.461. The van der Waals surface area contributed by atoms with Crippen LogP contribution in [-0.2, 0) is 4.79 Å². The lowest BCUT2D eigenvalue weighted by molar-refractivity contribution is -0.138. The van der Waals surface area contributed by atoms with Crippen LogP contribution in [0.5, 0.6) is 0 Å². The van der Waals surface area contributed by atoms with Gasteiger partial charge in [0.15, 0.2) is 5.13 Å². The molecule has 3 N–H and O–H groups in total. The average Bonchev–Trinajstić information content (AvgIpc) is 2.87. The molecule has 0 spiro atoms. The van der Waals surface area contributed by atoms with E-state index in [4.69, 9.17) is 10.8 Å². The Hall–Kier alpha value is -1.14. The van der Waals surface area contributed by atoms with Crippen molar-refractivity contribution in [2.24, 2.45) is 5.73 Å². The van der Waals surface area contributed by atoms with Gasteiger partial charge in [-0.1, -0.05) is 6.92 Å². The third-order valence-electron chi connectivity index (χ3n) is 3.44. The highest BCUT2D eigenvalue weighted by atomic mass is 32.1. The molecule has 0 amide bonds. The fraction of sp³-hybridized carbons (Fsp3) is 0.667. The number of anilines is 1. The Bertz CT molecular complexity index is 421. The minimum atomic E-state index is -1.03. The molecule has 6 heteroatoms. The van der Waals surface area contributed by atoms with Crippen LogP contribution in [0.15, 0.2) is 5.38 Å². The number of nitrogens with two attached hydrogens (primary N) is 1. The van der Waals surface area contributed by atoms with Crippen LogP contribution in [0.2, 0.25) is 0 Å². The second kappa shape index (κ2) is 5.67. The van der Waals surface area contributed by atoms with Gasteiger partial charge in [0, 0.05) is 18.0 Å². The molecule has 0 aromatic carbocycles. The van der Waals surface area contributed by atoms with E-state index in [0.29, 0.717) is 11.7 Å². The van der Waals surface area contributed by atoms with Crippen molar-refractivity contribution in [3.8, 4) is 0 Å². The normalized spacial score (nSPS) is 21.9. The van der Waals surface area contributed by atoms with Crippen LogP contribution in [0.3, 0.4) is 0 Å². The standard InChI is InChI=1S/C12H19N3O2S/c1-2-8-5-3-4-6-15(8)12-14-9(7-18-12)10(13)11(16)17/h7-8,10H,2-6,13H2,1H3,(H,16,17). The average molecular weight is 269 g/mol. The van der Waals surface area contributed by atoms with Crippen LogP contribution in [0.25, 0.3) is 0 Å². The molecule has 18 heavy (non-hydrogen) atoms. The lowest BCUT2D eigenvalue weighted by Crippen LogP contribution is -2.39. The minimum Gasteiger partial charge on any atom is -0.480 e. The molecule has 100 valence electrons. The first-order valence-corrected chi connectivity index (χ1v) is 7.22. The fourth-order valence-electron chi connectivity index (χ4n) is 2.35. The molecule has 1 aromatic rings. The number of aromatic nitrogens is 1. The Balaban J connectivity index is 2.15. The Morgan fingerprint density at radius 3 is 3.17 bits per heavy atom. The summed E-state index contributed by atoms with van der Waals surface area (Å²) in [6.45, 7) is 3.19. The van der Waals surface area contributed by atoms with E-state index in [0.717, 1.165) is 18.1 Å². The molecule has 0 saturated carbocycles. The molecular weight excluding hydrogens is 250 g/mol. The van der Waals surface area contributed by atoms with Crippen LogP contribution in [0.4, 0.5) is 5.13 Å². The van der Waals surface area contributed by atoms with Gasteiger partial charge in [0.2, 0.25) is 0 Å². The number of hydrogen-bond donors (Lipinski definition) is 2. The number of hydrogen-bond acceptors (Lipinski definition) is 5. The summed E-state index contributed by atoms with van der Waals surface area (Å²) in [6.07, 6.45) is 4.73. The number of carboxylic acid groups (broad SMARTS) is 1. The van der Waals surface area contributed by atoms with E-state index < -0.39 is 12.0 Å². The first-order chi connectivity index (χ1) is 8.63. The zero-order valence-electron chi connectivity index (χ0n) is 10.5. The van der Waals surface area contributed by atoms with Gasteiger partial charge in [0.05, 0.1) is 5.69 Å². The molecule has 0 bridgehead atoms. The molecule has 2 rings (SSSR count). The summed E-state index contributed by atoms with van der Waals surface area (Å²) in [6, 6.07) is -0.487. The van der Waals surface area contributed by atoms with Crippen molar-refractivity contribution in [3.63, 3.8) is 0 Å². The number of nitrogens with zero attached hydrogens (tertiary/aromatic N) is 2. The van der Waals surface area contributed by atoms with Gasteiger partial charge >= 0.3 is 5.97 Å². The third kappa shape index (κ3) is 2.64. The van der Waals surface area contributed by atoms with Crippen LogP contribution in [0, 0.1) is 0 Å². The van der Waals surface area contributed by atoms with Gasteiger partial charge in [0.25, 0.3) is 0 Å². The van der Waals surface area contributed by atoms with Crippen molar-refractivity contribution in [1.29, 1.82) is 0 Å². The van der Waals surface area contributed by atoms with Crippen molar-refractivity contribution in [2.75, 3.05) is 11.4 Å². The summed E-state index contributed by atoms with van der Waals surface area (Å²) >= 11 is 1.49. The Morgan fingerprint density at radius 2 is 2.50 bits per heavy atom. The maximum absolute atomic E-state index is 10.8. The molecule has 2 atom stereocenters. The highest BCUT2D eigenvalue weighted by molar-refractivity contribution is 7.13. The van der Waals surface area contributed by atoms with Gasteiger partial charge in [-0.3, -0.25) is 4.79 Å². The van der Waals surface area contributed by atoms with Gasteiger partial charge in [-0.15, -0.1) is 11.3 Å². The van der Waals surface area contributed by atoms with E-state index in [1.807, 2.05) is 0 Å². The topological polar surface area (TPSA) is 79.5 Å². The molecule has 1 aliphatic heterocycles. The van der Waals surface area contributed by atoms with Gasteiger partial charge in [0.1, 0.15) is 6.04 Å². The first kappa shape index (κ1) is 13.3. The van der Waals surface area contributed by atoms with E-state index in [1.165, 1.54) is 30.6 Å². The number of piperidine rings is 1. The van der Waals surface area contributed by atoms with Crippen molar-refractivity contribution < 1.29 is 9.90 Å². The van der Waals surface area contributed by atoms with Gasteiger partial charge in [-0.05, 0) is 25.7 Å². The summed E-state index contributed by atoms with van der Waals surface area (Å²) < 4.78 is 0. The molecule has 1 fully saturated rings. The number of rotatable bonds is 4. The second-order valence-electron chi connectivity index (χ2n) is 4.62. The molecule has 1 saturated heterocycles. The molecule has 2 unspecified atom stereocenters. The summed E-state index contributed by atoms with van der Waals surface area (Å²) in [5, 5.41) is 11.5. The van der Waals surface area contributed by atoms with Crippen LogP contribution >= 0.6 is 11.3 Å². The zero-order chi connectivity index (χ0) is 13.1. The Labute approximate surface area is 111 Å². The van der Waals surface area contributed by atoms with Crippen LogP contribution < -0.4 is 10.6 Å². The molecule has 1 aliphatic rings. The molecule has 0 aliphatic carbocycles. The van der Waals surface area contributed by atoms with E-state index in [-0.39, 0.29) is 0 Å². The SMILES string of the molecule is CCC1CCCCN1c1nc(C(N)C(=O)O)cs1. The molecule has 1 aromatic heterocycles. The highest BCUT2D eigenvalue weighted by Crippen LogP contribution is 2.30. The number of thiazole rings is 1. The number of carbonyl (C=O) groups is 1. The molecule has 0 radical (unpaired) electrons. The fourth-order valence-corrected chi connectivity index (χ4v) is 3.31. The van der Waals surface area contributed by atoms with Crippen molar-refractivity contribution >= 4 is 22.4 Å². The monoisotopic (exact) mass is 269 g/mol. The maximum Gasteiger partial charge on any atom is 0.326 e. The first-order valence-electron chi connectivity index (χ1n) is 6.34.